The van der Waals surface area contributed by atoms with E-state index in [4.69, 9.17) is 11.0 Å². The van der Waals surface area contributed by atoms with Crippen molar-refractivity contribution < 1.29 is 0 Å². The van der Waals surface area contributed by atoms with Gasteiger partial charge in [-0.25, -0.2) is 9.50 Å². The molecule has 6 heteroatoms. The summed E-state index contributed by atoms with van der Waals surface area (Å²) in [7, 11) is 0. The molecular weight excluding hydrogens is 234 g/mol. The van der Waals surface area contributed by atoms with Gasteiger partial charge in [-0.15, -0.1) is 0 Å². The maximum atomic E-state index is 8.78. The Bertz CT molecular complexity index is 509. The molecule has 2 aromatic heterocycles. The van der Waals surface area contributed by atoms with Crippen LogP contribution in [-0.2, 0) is 0 Å². The lowest BCUT2D eigenvalue weighted by atomic mass is 10.4. The molecule has 0 saturated carbocycles. The van der Waals surface area contributed by atoms with Gasteiger partial charge in [-0.05, 0) is 22.0 Å². The average molecular weight is 238 g/mol. The Morgan fingerprint density at radius 3 is 3.08 bits per heavy atom. The molecule has 0 aliphatic carbocycles. The summed E-state index contributed by atoms with van der Waals surface area (Å²) in [5, 5.41) is 12.8. The van der Waals surface area contributed by atoms with Gasteiger partial charge in [0.15, 0.2) is 5.65 Å². The van der Waals surface area contributed by atoms with Crippen molar-refractivity contribution >= 4 is 27.4 Å². The van der Waals surface area contributed by atoms with E-state index in [0.717, 1.165) is 0 Å². The lowest BCUT2D eigenvalue weighted by Crippen LogP contribution is -1.95. The minimum Gasteiger partial charge on any atom is -0.384 e. The molecule has 0 unspecified atom stereocenters. The molecule has 2 rings (SSSR count). The van der Waals surface area contributed by atoms with Crippen LogP contribution in [0.1, 0.15) is 5.56 Å². The van der Waals surface area contributed by atoms with E-state index in [-0.39, 0.29) is 0 Å². The zero-order valence-electron chi connectivity index (χ0n) is 6.40. The van der Waals surface area contributed by atoms with Gasteiger partial charge < -0.3 is 5.73 Å². The molecule has 0 atom stereocenters. The molecular formula is C7H4BrN5. The van der Waals surface area contributed by atoms with Gasteiger partial charge in [-0.1, -0.05) is 0 Å². The maximum absolute atomic E-state index is 8.78. The highest BCUT2D eigenvalue weighted by Crippen LogP contribution is 2.18. The minimum atomic E-state index is 0.372. The third kappa shape index (κ3) is 1.13. The van der Waals surface area contributed by atoms with Crippen molar-refractivity contribution in [3.63, 3.8) is 0 Å². The first-order valence-corrected chi connectivity index (χ1v) is 4.22. The average Bonchev–Trinajstić information content (AvgIpc) is 2.40. The van der Waals surface area contributed by atoms with Crippen molar-refractivity contribution in [2.24, 2.45) is 0 Å². The topological polar surface area (TPSA) is 80.0 Å². The summed E-state index contributed by atoms with van der Waals surface area (Å²) in [5.41, 5.74) is 6.34. The normalized spacial score (nSPS) is 10.2. The Morgan fingerprint density at radius 1 is 1.62 bits per heavy atom. The molecule has 64 valence electrons. The van der Waals surface area contributed by atoms with Crippen LogP contribution in [0.15, 0.2) is 16.9 Å². The van der Waals surface area contributed by atoms with E-state index < -0.39 is 0 Å². The van der Waals surface area contributed by atoms with E-state index in [0.29, 0.717) is 21.6 Å². The van der Waals surface area contributed by atoms with Crippen molar-refractivity contribution in [2.75, 3.05) is 5.73 Å². The lowest BCUT2D eigenvalue weighted by molar-refractivity contribution is 0.929. The molecule has 0 radical (unpaired) electrons. The van der Waals surface area contributed by atoms with E-state index in [1.54, 1.807) is 12.3 Å². The molecule has 0 aliphatic rings. The first kappa shape index (κ1) is 8.01. The smallest absolute Gasteiger partial charge is 0.176 e. The predicted octanol–water partition coefficient (Wildman–Crippen LogP) is 0.946. The van der Waals surface area contributed by atoms with E-state index >= 15 is 0 Å². The molecule has 0 bridgehead atoms. The van der Waals surface area contributed by atoms with E-state index in [9.17, 15) is 0 Å². The monoisotopic (exact) mass is 237 g/mol. The van der Waals surface area contributed by atoms with Crippen LogP contribution in [0.25, 0.3) is 5.65 Å². The third-order valence-electron chi connectivity index (χ3n) is 1.58. The lowest BCUT2D eigenvalue weighted by Gasteiger charge is -1.92. The summed E-state index contributed by atoms with van der Waals surface area (Å²) in [6, 6.07) is 3.62. The molecule has 5 nitrogen and oxygen atoms in total. The number of halogens is 1. The zero-order chi connectivity index (χ0) is 9.42. The second-order valence-electron chi connectivity index (χ2n) is 2.40. The van der Waals surface area contributed by atoms with Gasteiger partial charge in [-0.2, -0.15) is 10.4 Å². The minimum absolute atomic E-state index is 0.372. The fourth-order valence-corrected chi connectivity index (χ4v) is 1.45. The molecule has 2 N–H and O–H groups in total. The number of fused-ring (bicyclic) bond motifs is 1. The summed E-state index contributed by atoms with van der Waals surface area (Å²) in [6.07, 6.45) is 1.66. The number of nitrogens with two attached hydrogens (primary N) is 1. The van der Waals surface area contributed by atoms with Crippen LogP contribution in [-0.4, -0.2) is 14.6 Å². The second kappa shape index (κ2) is 2.71. The van der Waals surface area contributed by atoms with Gasteiger partial charge in [0, 0.05) is 6.20 Å². The van der Waals surface area contributed by atoms with Gasteiger partial charge in [0.2, 0.25) is 0 Å². The number of nitrogen functional groups attached to an aromatic ring is 1. The molecule has 2 heterocycles. The third-order valence-corrected chi connectivity index (χ3v) is 2.13. The number of nitrogens with zero attached hydrogens (tertiary/aromatic N) is 4. The van der Waals surface area contributed by atoms with Crippen LogP contribution in [0, 0.1) is 11.3 Å². The highest BCUT2D eigenvalue weighted by Gasteiger charge is 2.10. The van der Waals surface area contributed by atoms with Crippen LogP contribution in [0.5, 0.6) is 0 Å². The number of rotatable bonds is 0. The first-order valence-electron chi connectivity index (χ1n) is 3.43. The molecule has 0 aromatic carbocycles. The summed E-state index contributed by atoms with van der Waals surface area (Å²) in [4.78, 5) is 3.99. The summed E-state index contributed by atoms with van der Waals surface area (Å²) < 4.78 is 1.98. The predicted molar refractivity (Wildman–Crippen MR) is 49.8 cm³/mol. The van der Waals surface area contributed by atoms with Gasteiger partial charge >= 0.3 is 0 Å². The second-order valence-corrected chi connectivity index (χ2v) is 3.15. The van der Waals surface area contributed by atoms with Gasteiger partial charge in [0.1, 0.15) is 22.1 Å². The Morgan fingerprint density at radius 2 is 2.38 bits per heavy atom. The molecule has 0 amide bonds. The summed E-state index contributed by atoms with van der Waals surface area (Å²) in [6.45, 7) is 0. The van der Waals surface area contributed by atoms with Crippen LogP contribution < -0.4 is 5.73 Å². The largest absolute Gasteiger partial charge is 0.384 e. The van der Waals surface area contributed by atoms with Crippen LogP contribution in [0.4, 0.5) is 5.82 Å². The Hall–Kier alpha value is -1.61. The van der Waals surface area contributed by atoms with Crippen molar-refractivity contribution in [2.45, 2.75) is 0 Å². The Balaban J connectivity index is 2.91. The van der Waals surface area contributed by atoms with Gasteiger partial charge in [0.25, 0.3) is 0 Å². The molecule has 2 aromatic rings. The van der Waals surface area contributed by atoms with Crippen molar-refractivity contribution in [3.8, 4) is 6.07 Å². The van der Waals surface area contributed by atoms with Crippen LogP contribution in [0.3, 0.4) is 0 Å². The summed E-state index contributed by atoms with van der Waals surface area (Å²) >= 11 is 3.16. The number of hydrogen-bond acceptors (Lipinski definition) is 4. The Kier molecular flexibility index (Phi) is 1.67. The van der Waals surface area contributed by atoms with Gasteiger partial charge in [0.05, 0.1) is 0 Å². The Labute approximate surface area is 81.9 Å². The SMILES string of the molecule is N#Cc1c(Br)nn2ccc(N)nc12. The zero-order valence-corrected chi connectivity index (χ0v) is 7.98. The van der Waals surface area contributed by atoms with Crippen LogP contribution >= 0.6 is 15.9 Å². The van der Waals surface area contributed by atoms with Crippen molar-refractivity contribution in [1.82, 2.24) is 14.6 Å². The summed E-state index contributed by atoms with van der Waals surface area (Å²) in [5.74, 6) is 0.372. The standard InChI is InChI=1S/C7H4BrN5/c8-6-4(3-9)7-11-5(10)1-2-13(7)12-6/h1-2H,(H2,10,11). The number of hydrogen-bond donors (Lipinski definition) is 1. The molecule has 0 fully saturated rings. The van der Waals surface area contributed by atoms with Crippen molar-refractivity contribution in [3.05, 3.63) is 22.4 Å². The maximum Gasteiger partial charge on any atom is 0.176 e. The van der Waals surface area contributed by atoms with E-state index in [2.05, 4.69) is 26.0 Å². The highest BCUT2D eigenvalue weighted by molar-refractivity contribution is 9.10. The number of nitriles is 1. The van der Waals surface area contributed by atoms with E-state index in [1.807, 2.05) is 6.07 Å². The first-order chi connectivity index (χ1) is 6.22. The van der Waals surface area contributed by atoms with Gasteiger partial charge in [-0.3, -0.25) is 0 Å². The highest BCUT2D eigenvalue weighted by atomic mass is 79.9. The fraction of sp³-hybridized carbons (Fsp3) is 0. The molecule has 13 heavy (non-hydrogen) atoms. The van der Waals surface area contributed by atoms with Crippen LogP contribution in [0.2, 0.25) is 0 Å². The number of anilines is 1. The fourth-order valence-electron chi connectivity index (χ4n) is 1.01. The van der Waals surface area contributed by atoms with Crippen molar-refractivity contribution in [1.29, 1.82) is 5.26 Å². The number of aromatic nitrogens is 3. The molecule has 0 spiro atoms. The molecule has 0 aliphatic heterocycles. The quantitative estimate of drug-likeness (QED) is 0.740. The van der Waals surface area contributed by atoms with E-state index in [1.165, 1.54) is 4.52 Å². The molecule has 0 saturated heterocycles.